The highest BCUT2D eigenvalue weighted by atomic mass is 19.1. The zero-order valence-corrected chi connectivity index (χ0v) is 10.1. The van der Waals surface area contributed by atoms with Crippen molar-refractivity contribution in [2.24, 2.45) is 11.7 Å². The van der Waals surface area contributed by atoms with Crippen LogP contribution < -0.4 is 5.73 Å². The monoisotopic (exact) mass is 227 g/mol. The minimum atomic E-state index is -0.539. The average molecular weight is 227 g/mol. The molecule has 0 aromatic heterocycles. The summed E-state index contributed by atoms with van der Waals surface area (Å²) in [6, 6.07) is 2.09. The van der Waals surface area contributed by atoms with Gasteiger partial charge in [0, 0.05) is 17.7 Å². The lowest BCUT2D eigenvalue weighted by atomic mass is 9.88. The van der Waals surface area contributed by atoms with Crippen molar-refractivity contribution >= 4 is 0 Å². The van der Waals surface area contributed by atoms with Crippen LogP contribution in [-0.4, -0.2) is 0 Å². The molecule has 0 saturated carbocycles. The van der Waals surface area contributed by atoms with Gasteiger partial charge in [-0.05, 0) is 24.5 Å². The van der Waals surface area contributed by atoms with Gasteiger partial charge in [0.2, 0.25) is 0 Å². The highest BCUT2D eigenvalue weighted by molar-refractivity contribution is 5.28. The molecule has 0 heterocycles. The zero-order chi connectivity index (χ0) is 12.3. The molecule has 1 aromatic rings. The van der Waals surface area contributed by atoms with Crippen molar-refractivity contribution in [2.75, 3.05) is 0 Å². The van der Waals surface area contributed by atoms with Gasteiger partial charge in [-0.2, -0.15) is 0 Å². The Morgan fingerprint density at radius 3 is 2.19 bits per heavy atom. The fraction of sp³-hybridized carbons (Fsp3) is 0.538. The second kappa shape index (κ2) is 5.39. The molecule has 0 amide bonds. The summed E-state index contributed by atoms with van der Waals surface area (Å²) in [4.78, 5) is 0. The van der Waals surface area contributed by atoms with E-state index in [1.165, 1.54) is 6.07 Å². The Kier molecular flexibility index (Phi) is 4.42. The number of halogens is 2. The smallest absolute Gasteiger partial charge is 0.130 e. The average Bonchev–Trinajstić information content (AvgIpc) is 2.25. The Labute approximate surface area is 95.7 Å². The molecule has 1 atom stereocenters. The largest absolute Gasteiger partial charge is 0.324 e. The summed E-state index contributed by atoms with van der Waals surface area (Å²) in [6.07, 6.45) is 1.79. The molecule has 16 heavy (non-hydrogen) atoms. The molecule has 1 unspecified atom stereocenters. The fourth-order valence-corrected chi connectivity index (χ4v) is 1.99. The van der Waals surface area contributed by atoms with Gasteiger partial charge in [-0.15, -0.1) is 0 Å². The van der Waals surface area contributed by atoms with Crippen LogP contribution in [0.5, 0.6) is 0 Å². The van der Waals surface area contributed by atoms with Crippen molar-refractivity contribution in [3.63, 3.8) is 0 Å². The zero-order valence-electron chi connectivity index (χ0n) is 10.1. The predicted octanol–water partition coefficient (Wildman–Crippen LogP) is 3.71. The molecule has 0 radical (unpaired) electrons. The van der Waals surface area contributed by atoms with Crippen LogP contribution in [-0.2, 0) is 0 Å². The van der Waals surface area contributed by atoms with Gasteiger partial charge in [-0.25, -0.2) is 8.78 Å². The van der Waals surface area contributed by atoms with E-state index >= 15 is 0 Å². The van der Waals surface area contributed by atoms with Gasteiger partial charge in [0.25, 0.3) is 0 Å². The van der Waals surface area contributed by atoms with Crippen LogP contribution in [0.25, 0.3) is 0 Å². The number of nitrogens with two attached hydrogens (primary N) is 1. The lowest BCUT2D eigenvalue weighted by Crippen LogP contribution is -2.22. The number of hydrogen-bond donors (Lipinski definition) is 1. The van der Waals surface area contributed by atoms with Crippen LogP contribution in [0, 0.1) is 24.5 Å². The van der Waals surface area contributed by atoms with Gasteiger partial charge >= 0.3 is 0 Å². The third kappa shape index (κ3) is 2.59. The molecule has 0 aliphatic carbocycles. The van der Waals surface area contributed by atoms with E-state index in [1.54, 1.807) is 6.92 Å². The van der Waals surface area contributed by atoms with E-state index in [0.717, 1.165) is 18.9 Å². The molecule has 0 bridgehead atoms. The molecule has 0 fully saturated rings. The summed E-state index contributed by atoms with van der Waals surface area (Å²) in [5.41, 5.74) is 6.88. The topological polar surface area (TPSA) is 26.0 Å². The quantitative estimate of drug-likeness (QED) is 0.833. The van der Waals surface area contributed by atoms with Crippen LogP contribution in [0.1, 0.15) is 43.9 Å². The van der Waals surface area contributed by atoms with Gasteiger partial charge < -0.3 is 5.73 Å². The van der Waals surface area contributed by atoms with Crippen LogP contribution in [0.2, 0.25) is 0 Å². The minimum Gasteiger partial charge on any atom is -0.324 e. The molecule has 0 aliphatic heterocycles. The van der Waals surface area contributed by atoms with E-state index in [1.807, 2.05) is 13.8 Å². The maximum absolute atomic E-state index is 13.6. The Morgan fingerprint density at radius 2 is 1.69 bits per heavy atom. The third-order valence-corrected chi connectivity index (χ3v) is 3.19. The van der Waals surface area contributed by atoms with Crippen molar-refractivity contribution in [1.29, 1.82) is 0 Å². The number of rotatable bonds is 4. The summed E-state index contributed by atoms with van der Waals surface area (Å²) in [7, 11) is 0. The van der Waals surface area contributed by atoms with Crippen LogP contribution in [0.15, 0.2) is 12.1 Å². The molecule has 1 rings (SSSR count). The van der Waals surface area contributed by atoms with Crippen LogP contribution in [0.3, 0.4) is 0 Å². The normalized spacial score (nSPS) is 13.2. The second-order valence-corrected chi connectivity index (χ2v) is 4.23. The van der Waals surface area contributed by atoms with Crippen LogP contribution in [0.4, 0.5) is 8.78 Å². The number of aryl methyl sites for hydroxylation is 1. The third-order valence-electron chi connectivity index (χ3n) is 3.19. The molecule has 1 aromatic carbocycles. The van der Waals surface area contributed by atoms with Gasteiger partial charge in [0.15, 0.2) is 0 Å². The van der Waals surface area contributed by atoms with Gasteiger partial charge in [-0.1, -0.05) is 26.7 Å². The lowest BCUT2D eigenvalue weighted by Gasteiger charge is -2.22. The van der Waals surface area contributed by atoms with Gasteiger partial charge in [-0.3, -0.25) is 0 Å². The first-order valence-electron chi connectivity index (χ1n) is 5.72. The Hall–Kier alpha value is -0.960. The molecule has 2 N–H and O–H groups in total. The van der Waals surface area contributed by atoms with E-state index < -0.39 is 11.6 Å². The summed E-state index contributed by atoms with van der Waals surface area (Å²) in [5, 5.41) is 0. The summed E-state index contributed by atoms with van der Waals surface area (Å²) < 4.78 is 26.7. The van der Waals surface area contributed by atoms with Crippen molar-refractivity contribution in [1.82, 2.24) is 0 Å². The molecule has 3 heteroatoms. The van der Waals surface area contributed by atoms with Gasteiger partial charge in [0.1, 0.15) is 11.6 Å². The minimum absolute atomic E-state index is 0.236. The van der Waals surface area contributed by atoms with Crippen molar-refractivity contribution in [3.05, 3.63) is 34.9 Å². The van der Waals surface area contributed by atoms with Crippen molar-refractivity contribution in [2.45, 2.75) is 39.7 Å². The highest BCUT2D eigenvalue weighted by Crippen LogP contribution is 2.28. The SMILES string of the molecule is CCC(CC)C(N)c1cc(C)c(F)cc1F. The lowest BCUT2D eigenvalue weighted by molar-refractivity contribution is 0.392. The predicted molar refractivity (Wildman–Crippen MR) is 62.1 cm³/mol. The molecule has 0 spiro atoms. The summed E-state index contributed by atoms with van der Waals surface area (Å²) >= 11 is 0. The van der Waals surface area contributed by atoms with E-state index in [2.05, 4.69) is 0 Å². The van der Waals surface area contributed by atoms with Crippen molar-refractivity contribution in [3.8, 4) is 0 Å². The Bertz CT molecular complexity index is 359. The van der Waals surface area contributed by atoms with E-state index in [-0.39, 0.29) is 12.0 Å². The number of benzene rings is 1. The molecular weight excluding hydrogens is 208 g/mol. The first kappa shape index (κ1) is 13.1. The maximum atomic E-state index is 13.6. The molecule has 90 valence electrons. The molecule has 1 nitrogen and oxygen atoms in total. The molecular formula is C13H19F2N. The highest BCUT2D eigenvalue weighted by Gasteiger charge is 2.20. The van der Waals surface area contributed by atoms with E-state index in [9.17, 15) is 8.78 Å². The first-order valence-corrected chi connectivity index (χ1v) is 5.72. The van der Waals surface area contributed by atoms with E-state index in [0.29, 0.717) is 11.1 Å². The summed E-state index contributed by atoms with van der Waals surface area (Å²) in [5.74, 6) is -0.820. The number of hydrogen-bond acceptors (Lipinski definition) is 1. The molecule has 0 saturated heterocycles. The van der Waals surface area contributed by atoms with Crippen LogP contribution >= 0.6 is 0 Å². The second-order valence-electron chi connectivity index (χ2n) is 4.23. The Balaban J connectivity index is 3.07. The molecule has 0 aliphatic rings. The van der Waals surface area contributed by atoms with Crippen molar-refractivity contribution < 1.29 is 8.78 Å². The van der Waals surface area contributed by atoms with Gasteiger partial charge in [0.05, 0.1) is 0 Å². The fourth-order valence-electron chi connectivity index (χ4n) is 1.99. The standard InChI is InChI=1S/C13H19F2N/c1-4-9(5-2)13(16)10-6-8(3)11(14)7-12(10)15/h6-7,9,13H,4-5,16H2,1-3H3. The maximum Gasteiger partial charge on any atom is 0.130 e. The summed E-state index contributed by atoms with van der Waals surface area (Å²) in [6.45, 7) is 5.68. The first-order chi connectivity index (χ1) is 7.51. The Morgan fingerprint density at radius 1 is 1.12 bits per heavy atom. The van der Waals surface area contributed by atoms with E-state index in [4.69, 9.17) is 5.73 Å².